The van der Waals surface area contributed by atoms with Crippen molar-refractivity contribution >= 4 is 34.2 Å². The Morgan fingerprint density at radius 2 is 1.89 bits per heavy atom. The summed E-state index contributed by atoms with van der Waals surface area (Å²) in [4.78, 5) is 0. The second-order valence-electron chi connectivity index (χ2n) is 4.50. The molecule has 2 aromatic carbocycles. The second-order valence-corrected chi connectivity index (χ2v) is 6.16. The van der Waals surface area contributed by atoms with Crippen molar-refractivity contribution in [3.8, 4) is 0 Å². The molecule has 0 saturated carbocycles. The van der Waals surface area contributed by atoms with Crippen molar-refractivity contribution in [2.45, 2.75) is 19.4 Å². The van der Waals surface area contributed by atoms with Gasteiger partial charge in [0.2, 0.25) is 0 Å². The molecule has 2 aromatic rings. The van der Waals surface area contributed by atoms with Gasteiger partial charge in [0.15, 0.2) is 0 Å². The van der Waals surface area contributed by atoms with Crippen LogP contribution in [0.3, 0.4) is 0 Å². The zero-order chi connectivity index (χ0) is 13.8. The summed E-state index contributed by atoms with van der Waals surface area (Å²) in [5.41, 5.74) is 6.37. The van der Waals surface area contributed by atoms with Crippen LogP contribution in [-0.2, 0) is 6.42 Å². The van der Waals surface area contributed by atoms with Crippen molar-refractivity contribution in [1.29, 1.82) is 0 Å². The van der Waals surface area contributed by atoms with Crippen LogP contribution in [0, 0.1) is 10.5 Å². The fraction of sp³-hybridized carbons (Fsp3) is 0.200. The molecule has 0 amide bonds. The third-order valence-electron chi connectivity index (χ3n) is 3.24. The Balaban J connectivity index is 2.25. The van der Waals surface area contributed by atoms with Crippen LogP contribution in [0.4, 0.5) is 0 Å². The number of nitrogens with one attached hydrogen (secondary N) is 1. The Hall–Kier alpha value is -0.620. The Morgan fingerprint density at radius 1 is 1.21 bits per heavy atom. The van der Waals surface area contributed by atoms with Crippen LogP contribution in [0.1, 0.15) is 22.7 Å². The molecule has 0 aliphatic rings. The van der Waals surface area contributed by atoms with Gasteiger partial charge in [-0.15, -0.1) is 0 Å². The van der Waals surface area contributed by atoms with Gasteiger partial charge < -0.3 is 0 Å². The Morgan fingerprint density at radius 3 is 2.53 bits per heavy atom. The third kappa shape index (κ3) is 3.69. The molecule has 2 rings (SSSR count). The SMILES string of the molecule is Cc1c(Cl)cccc1C(Cc1ccc(I)cc1)NN. The average Bonchev–Trinajstić information content (AvgIpc) is 2.42. The molecule has 0 heterocycles. The first-order chi connectivity index (χ1) is 9.11. The Labute approximate surface area is 132 Å². The van der Waals surface area contributed by atoms with Crippen molar-refractivity contribution < 1.29 is 0 Å². The molecule has 0 spiro atoms. The second kappa shape index (κ2) is 6.70. The number of rotatable bonds is 4. The van der Waals surface area contributed by atoms with E-state index in [1.807, 2.05) is 19.1 Å². The zero-order valence-corrected chi connectivity index (χ0v) is 13.6. The lowest BCUT2D eigenvalue weighted by molar-refractivity contribution is 0.549. The standard InChI is InChI=1S/C15H16ClIN2/c1-10-13(3-2-4-14(10)16)15(19-18)9-11-5-7-12(17)8-6-11/h2-8,15,19H,9,18H2,1H3. The minimum Gasteiger partial charge on any atom is -0.271 e. The van der Waals surface area contributed by atoms with Gasteiger partial charge in [-0.1, -0.05) is 35.9 Å². The molecule has 3 N–H and O–H groups in total. The van der Waals surface area contributed by atoms with E-state index in [2.05, 4.69) is 58.3 Å². The highest BCUT2D eigenvalue weighted by Crippen LogP contribution is 2.26. The van der Waals surface area contributed by atoms with E-state index in [9.17, 15) is 0 Å². The lowest BCUT2D eigenvalue weighted by atomic mass is 9.96. The third-order valence-corrected chi connectivity index (χ3v) is 4.37. The monoisotopic (exact) mass is 386 g/mol. The van der Waals surface area contributed by atoms with Crippen LogP contribution in [0.2, 0.25) is 5.02 Å². The highest BCUT2D eigenvalue weighted by Gasteiger charge is 2.14. The van der Waals surface area contributed by atoms with Crippen molar-refractivity contribution in [2.75, 3.05) is 0 Å². The van der Waals surface area contributed by atoms with E-state index in [0.29, 0.717) is 0 Å². The summed E-state index contributed by atoms with van der Waals surface area (Å²) in [6.45, 7) is 2.02. The molecular weight excluding hydrogens is 371 g/mol. The molecule has 0 aliphatic carbocycles. The molecule has 0 aromatic heterocycles. The minimum atomic E-state index is 0.0683. The topological polar surface area (TPSA) is 38.0 Å². The largest absolute Gasteiger partial charge is 0.271 e. The lowest BCUT2D eigenvalue weighted by Crippen LogP contribution is -2.30. The lowest BCUT2D eigenvalue weighted by Gasteiger charge is -2.19. The molecule has 19 heavy (non-hydrogen) atoms. The normalized spacial score (nSPS) is 12.4. The Kier molecular flexibility index (Phi) is 5.21. The van der Waals surface area contributed by atoms with E-state index >= 15 is 0 Å². The van der Waals surface area contributed by atoms with E-state index in [1.165, 1.54) is 9.13 Å². The molecular formula is C15H16ClIN2. The molecule has 0 bridgehead atoms. The molecule has 0 saturated heterocycles. The molecule has 0 radical (unpaired) electrons. The maximum atomic E-state index is 6.17. The van der Waals surface area contributed by atoms with Crippen LogP contribution >= 0.6 is 34.2 Å². The van der Waals surface area contributed by atoms with E-state index in [1.54, 1.807) is 0 Å². The van der Waals surface area contributed by atoms with Crippen molar-refractivity contribution in [3.63, 3.8) is 0 Å². The van der Waals surface area contributed by atoms with E-state index in [0.717, 1.165) is 22.6 Å². The smallest absolute Gasteiger partial charge is 0.0503 e. The Bertz CT molecular complexity index is 555. The molecule has 100 valence electrons. The first-order valence-electron chi connectivity index (χ1n) is 6.07. The van der Waals surface area contributed by atoms with E-state index in [-0.39, 0.29) is 6.04 Å². The molecule has 0 fully saturated rings. The number of hydrazine groups is 1. The van der Waals surface area contributed by atoms with Gasteiger partial charge in [-0.2, -0.15) is 0 Å². The zero-order valence-electron chi connectivity index (χ0n) is 10.7. The first kappa shape index (κ1) is 14.8. The van der Waals surface area contributed by atoms with Gasteiger partial charge in [0.25, 0.3) is 0 Å². The van der Waals surface area contributed by atoms with Gasteiger partial charge in [-0.05, 0) is 70.8 Å². The fourth-order valence-electron chi connectivity index (χ4n) is 2.12. The summed E-state index contributed by atoms with van der Waals surface area (Å²) in [6, 6.07) is 14.5. The van der Waals surface area contributed by atoms with Crippen LogP contribution < -0.4 is 11.3 Å². The van der Waals surface area contributed by atoms with Gasteiger partial charge in [0, 0.05) is 8.59 Å². The number of hydrogen-bond donors (Lipinski definition) is 2. The number of nitrogens with two attached hydrogens (primary N) is 1. The first-order valence-corrected chi connectivity index (χ1v) is 7.53. The minimum absolute atomic E-state index is 0.0683. The number of benzene rings is 2. The summed E-state index contributed by atoms with van der Waals surface area (Å²) in [5.74, 6) is 5.71. The van der Waals surface area contributed by atoms with Crippen LogP contribution in [-0.4, -0.2) is 0 Å². The molecule has 2 nitrogen and oxygen atoms in total. The number of halogens is 2. The van der Waals surface area contributed by atoms with E-state index in [4.69, 9.17) is 17.4 Å². The predicted molar refractivity (Wildman–Crippen MR) is 89.1 cm³/mol. The summed E-state index contributed by atoms with van der Waals surface area (Å²) in [6.07, 6.45) is 0.842. The van der Waals surface area contributed by atoms with Gasteiger partial charge in [0.1, 0.15) is 0 Å². The van der Waals surface area contributed by atoms with E-state index < -0.39 is 0 Å². The summed E-state index contributed by atoms with van der Waals surface area (Å²) < 4.78 is 1.23. The summed E-state index contributed by atoms with van der Waals surface area (Å²) in [7, 11) is 0. The molecule has 1 unspecified atom stereocenters. The average molecular weight is 387 g/mol. The molecule has 1 atom stereocenters. The predicted octanol–water partition coefficient (Wildman–Crippen LogP) is 4.00. The fourth-order valence-corrected chi connectivity index (χ4v) is 2.66. The summed E-state index contributed by atoms with van der Waals surface area (Å²) >= 11 is 8.47. The van der Waals surface area contributed by atoms with Gasteiger partial charge >= 0.3 is 0 Å². The maximum Gasteiger partial charge on any atom is 0.0503 e. The van der Waals surface area contributed by atoms with Gasteiger partial charge in [0.05, 0.1) is 6.04 Å². The van der Waals surface area contributed by atoms with Crippen LogP contribution in [0.25, 0.3) is 0 Å². The van der Waals surface area contributed by atoms with Crippen LogP contribution in [0.15, 0.2) is 42.5 Å². The molecule has 4 heteroatoms. The number of hydrogen-bond acceptors (Lipinski definition) is 2. The van der Waals surface area contributed by atoms with Crippen molar-refractivity contribution in [3.05, 3.63) is 67.7 Å². The highest BCUT2D eigenvalue weighted by molar-refractivity contribution is 14.1. The van der Waals surface area contributed by atoms with Gasteiger partial charge in [-0.25, -0.2) is 0 Å². The quantitative estimate of drug-likeness (QED) is 0.473. The summed E-state index contributed by atoms with van der Waals surface area (Å²) in [5, 5.41) is 0.778. The molecule has 0 aliphatic heterocycles. The maximum absolute atomic E-state index is 6.17. The van der Waals surface area contributed by atoms with Crippen molar-refractivity contribution in [2.24, 2.45) is 5.84 Å². The van der Waals surface area contributed by atoms with Crippen molar-refractivity contribution in [1.82, 2.24) is 5.43 Å². The van der Waals surface area contributed by atoms with Gasteiger partial charge in [-0.3, -0.25) is 11.3 Å². The van der Waals surface area contributed by atoms with Crippen LogP contribution in [0.5, 0.6) is 0 Å². The highest BCUT2D eigenvalue weighted by atomic mass is 127.